The highest BCUT2D eigenvalue weighted by molar-refractivity contribution is 5.85. The van der Waals surface area contributed by atoms with Crippen LogP contribution in [0.5, 0.6) is 23.0 Å². The van der Waals surface area contributed by atoms with E-state index < -0.39 is 0 Å². The van der Waals surface area contributed by atoms with Crippen molar-refractivity contribution < 1.29 is 23.7 Å². The van der Waals surface area contributed by atoms with Crippen LogP contribution in [-0.2, 0) is 4.79 Å². The van der Waals surface area contributed by atoms with Crippen molar-refractivity contribution in [2.45, 2.75) is 19.4 Å². The van der Waals surface area contributed by atoms with Crippen molar-refractivity contribution in [1.82, 2.24) is 0 Å². The maximum Gasteiger partial charge on any atom is 0.203 e. The highest BCUT2D eigenvalue weighted by atomic mass is 16.5. The largest absolute Gasteiger partial charge is 0.495 e. The van der Waals surface area contributed by atoms with E-state index in [4.69, 9.17) is 24.7 Å². The van der Waals surface area contributed by atoms with E-state index in [0.717, 1.165) is 40.8 Å². The summed E-state index contributed by atoms with van der Waals surface area (Å²) < 4.78 is 21.5. The molecule has 0 bridgehead atoms. The third kappa shape index (κ3) is 6.65. The van der Waals surface area contributed by atoms with Gasteiger partial charge in [0.2, 0.25) is 5.75 Å². The lowest BCUT2D eigenvalue weighted by molar-refractivity contribution is -0.108. The molecule has 172 valence electrons. The zero-order valence-electron chi connectivity index (χ0n) is 19.4. The van der Waals surface area contributed by atoms with Crippen molar-refractivity contribution in [2.24, 2.45) is 5.73 Å². The summed E-state index contributed by atoms with van der Waals surface area (Å²) in [6.07, 6.45) is 2.98. The van der Waals surface area contributed by atoms with Crippen LogP contribution in [-0.4, -0.2) is 47.8 Å². The molecule has 2 rings (SSSR count). The second kappa shape index (κ2) is 13.6. The Bertz CT molecular complexity index is 942. The molecule has 8 nitrogen and oxygen atoms in total. The van der Waals surface area contributed by atoms with Gasteiger partial charge in [0.05, 0.1) is 46.2 Å². The van der Waals surface area contributed by atoms with Gasteiger partial charge in [0, 0.05) is 13.1 Å². The Kier molecular flexibility index (Phi) is 11.2. The number of benzene rings is 2. The van der Waals surface area contributed by atoms with Crippen LogP contribution in [0.15, 0.2) is 36.4 Å². The standard InChI is InChI=1S/C20H22N2O4.C4H9NO/c1-22-16-10-13(6-7-17(16)23-2)15(8-9-21)14-11-18(24-3)20(26-5)19(12-14)25-4;1-2-4(5)3-6/h6-8,10-12,22H,1-5H3;3-4H,2,5H2,1H3/b15-8+;. The summed E-state index contributed by atoms with van der Waals surface area (Å²) in [5.41, 5.74) is 8.28. The molecule has 1 unspecified atom stereocenters. The Balaban J connectivity index is 0.000000751. The average molecular weight is 442 g/mol. The van der Waals surface area contributed by atoms with Crippen molar-refractivity contribution in [1.29, 1.82) is 5.26 Å². The van der Waals surface area contributed by atoms with Crippen molar-refractivity contribution in [3.8, 4) is 29.1 Å². The molecule has 8 heteroatoms. The fourth-order valence-electron chi connectivity index (χ4n) is 2.80. The number of nitrogens with zero attached hydrogens (tertiary/aromatic N) is 1. The van der Waals surface area contributed by atoms with E-state index in [1.165, 1.54) is 6.08 Å². The van der Waals surface area contributed by atoms with Gasteiger partial charge in [0.25, 0.3) is 0 Å². The molecule has 0 spiro atoms. The number of methoxy groups -OCH3 is 4. The van der Waals surface area contributed by atoms with Gasteiger partial charge in [-0.25, -0.2) is 0 Å². The topological polar surface area (TPSA) is 116 Å². The number of anilines is 1. The monoisotopic (exact) mass is 441 g/mol. The lowest BCUT2D eigenvalue weighted by Gasteiger charge is -2.16. The van der Waals surface area contributed by atoms with Crippen LogP contribution in [0.25, 0.3) is 5.57 Å². The minimum Gasteiger partial charge on any atom is -0.495 e. The van der Waals surface area contributed by atoms with Crippen molar-refractivity contribution >= 4 is 17.5 Å². The van der Waals surface area contributed by atoms with Gasteiger partial charge in [-0.1, -0.05) is 13.0 Å². The normalized spacial score (nSPS) is 11.2. The maximum absolute atomic E-state index is 9.61. The number of allylic oxidation sites excluding steroid dienone is 1. The number of nitrogens with one attached hydrogen (secondary N) is 1. The molecule has 0 saturated carbocycles. The van der Waals surface area contributed by atoms with Crippen LogP contribution in [0.2, 0.25) is 0 Å². The van der Waals surface area contributed by atoms with E-state index in [2.05, 4.69) is 11.4 Å². The zero-order valence-corrected chi connectivity index (χ0v) is 19.4. The van der Waals surface area contributed by atoms with Gasteiger partial charge in [-0.05, 0) is 47.4 Å². The number of nitrogens with two attached hydrogens (primary N) is 1. The van der Waals surface area contributed by atoms with Crippen LogP contribution >= 0.6 is 0 Å². The summed E-state index contributed by atoms with van der Waals surface area (Å²) in [6.45, 7) is 1.87. The van der Waals surface area contributed by atoms with Gasteiger partial charge in [-0.3, -0.25) is 0 Å². The van der Waals surface area contributed by atoms with Crippen molar-refractivity contribution in [3.63, 3.8) is 0 Å². The minimum atomic E-state index is -0.245. The highest BCUT2D eigenvalue weighted by Crippen LogP contribution is 2.41. The molecule has 0 saturated heterocycles. The highest BCUT2D eigenvalue weighted by Gasteiger charge is 2.17. The number of hydrogen-bond donors (Lipinski definition) is 2. The summed E-state index contributed by atoms with van der Waals surface area (Å²) in [4.78, 5) is 9.61. The lowest BCUT2D eigenvalue weighted by Crippen LogP contribution is -2.19. The fraction of sp³-hybridized carbons (Fsp3) is 0.333. The molecule has 2 aromatic rings. The number of nitriles is 1. The second-order valence-corrected chi connectivity index (χ2v) is 6.47. The zero-order chi connectivity index (χ0) is 24.1. The molecule has 0 radical (unpaired) electrons. The first-order valence-electron chi connectivity index (χ1n) is 9.91. The van der Waals surface area contributed by atoms with Gasteiger partial charge in [0.15, 0.2) is 11.5 Å². The molecule has 3 N–H and O–H groups in total. The molecule has 0 aromatic heterocycles. The third-order valence-corrected chi connectivity index (χ3v) is 4.61. The Labute approximate surface area is 189 Å². The van der Waals surface area contributed by atoms with Gasteiger partial charge < -0.3 is 34.8 Å². The van der Waals surface area contributed by atoms with E-state index >= 15 is 0 Å². The first kappa shape index (κ1) is 26.3. The SMILES string of the molecule is CCC(N)C=O.CNc1cc(/C(=C\C#N)c2cc(OC)c(OC)c(OC)c2)ccc1OC. The molecular formula is C24H31N3O5. The van der Waals surface area contributed by atoms with E-state index in [1.54, 1.807) is 28.4 Å². The Morgan fingerprint density at radius 2 is 1.62 bits per heavy atom. The fourth-order valence-corrected chi connectivity index (χ4v) is 2.80. The number of carbonyl (C=O) groups is 1. The molecule has 2 aromatic carbocycles. The molecule has 1 atom stereocenters. The predicted molar refractivity (Wildman–Crippen MR) is 126 cm³/mol. The minimum absolute atomic E-state index is 0.245. The Morgan fingerprint density at radius 1 is 1.03 bits per heavy atom. The summed E-state index contributed by atoms with van der Waals surface area (Å²) in [5, 5.41) is 12.4. The quantitative estimate of drug-likeness (QED) is 0.448. The number of aldehydes is 1. The number of ether oxygens (including phenoxy) is 4. The third-order valence-electron chi connectivity index (χ3n) is 4.61. The van der Waals surface area contributed by atoms with E-state index in [1.807, 2.05) is 44.3 Å². The average Bonchev–Trinajstić information content (AvgIpc) is 2.85. The molecule has 0 aliphatic rings. The lowest BCUT2D eigenvalue weighted by atomic mass is 9.96. The van der Waals surface area contributed by atoms with Gasteiger partial charge in [-0.15, -0.1) is 0 Å². The number of carbonyl (C=O) groups excluding carboxylic acids is 1. The number of hydrogen-bond acceptors (Lipinski definition) is 8. The number of rotatable bonds is 9. The molecule has 0 aliphatic heterocycles. The van der Waals surface area contributed by atoms with Crippen LogP contribution in [0.4, 0.5) is 5.69 Å². The second-order valence-electron chi connectivity index (χ2n) is 6.47. The first-order valence-corrected chi connectivity index (χ1v) is 9.91. The van der Waals surface area contributed by atoms with Crippen LogP contribution in [0, 0.1) is 11.3 Å². The summed E-state index contributed by atoms with van der Waals surface area (Å²) >= 11 is 0. The molecule has 0 heterocycles. The van der Waals surface area contributed by atoms with Gasteiger partial charge in [0.1, 0.15) is 12.0 Å². The van der Waals surface area contributed by atoms with Crippen LogP contribution < -0.4 is 30.0 Å². The summed E-state index contributed by atoms with van der Waals surface area (Å²) in [7, 11) is 8.09. The Morgan fingerprint density at radius 3 is 2.00 bits per heavy atom. The Hall–Kier alpha value is -3.70. The van der Waals surface area contributed by atoms with Crippen LogP contribution in [0.1, 0.15) is 24.5 Å². The predicted octanol–water partition coefficient (Wildman–Crippen LogP) is 3.64. The maximum atomic E-state index is 9.61. The molecule has 32 heavy (non-hydrogen) atoms. The van der Waals surface area contributed by atoms with E-state index in [-0.39, 0.29) is 6.04 Å². The smallest absolute Gasteiger partial charge is 0.203 e. The van der Waals surface area contributed by atoms with Gasteiger partial charge in [-0.2, -0.15) is 5.26 Å². The van der Waals surface area contributed by atoms with E-state index in [9.17, 15) is 10.1 Å². The van der Waals surface area contributed by atoms with E-state index in [0.29, 0.717) is 17.2 Å². The van der Waals surface area contributed by atoms with Crippen molar-refractivity contribution in [2.75, 3.05) is 40.8 Å². The summed E-state index contributed by atoms with van der Waals surface area (Å²) in [5.74, 6) is 2.26. The molecule has 0 aliphatic carbocycles. The first-order chi connectivity index (χ1) is 15.4. The van der Waals surface area contributed by atoms with Gasteiger partial charge >= 0.3 is 0 Å². The van der Waals surface area contributed by atoms with Crippen molar-refractivity contribution in [3.05, 3.63) is 47.5 Å². The summed E-state index contributed by atoms with van der Waals surface area (Å²) in [6, 6.07) is 11.2. The molecular weight excluding hydrogens is 410 g/mol. The molecule has 0 amide bonds. The van der Waals surface area contributed by atoms with Crippen LogP contribution in [0.3, 0.4) is 0 Å². The molecule has 0 fully saturated rings.